The third-order valence-corrected chi connectivity index (χ3v) is 6.32. The normalized spacial score (nSPS) is 14.5. The Morgan fingerprint density at radius 1 is 1.11 bits per heavy atom. The van der Waals surface area contributed by atoms with Crippen LogP contribution in [0.3, 0.4) is 0 Å². The van der Waals surface area contributed by atoms with Gasteiger partial charge in [-0.1, -0.05) is 23.7 Å². The molecule has 0 spiro atoms. The molecule has 4 rings (SSSR count). The number of nitrogens with zero attached hydrogens (tertiary/aromatic N) is 1. The number of phenols is 1. The van der Waals surface area contributed by atoms with Crippen molar-refractivity contribution < 1.29 is 29.0 Å². The Morgan fingerprint density at radius 2 is 1.84 bits per heavy atom. The van der Waals surface area contributed by atoms with Crippen molar-refractivity contribution in [2.45, 2.75) is 6.92 Å². The summed E-state index contributed by atoms with van der Waals surface area (Å²) in [5.41, 5.74) is 1.83. The molecule has 0 saturated carbocycles. The number of rotatable bonds is 6. The van der Waals surface area contributed by atoms with Crippen LogP contribution >= 0.6 is 27.5 Å². The zero-order chi connectivity index (χ0) is 26.7. The number of barbiturate groups is 1. The number of amides is 5. The lowest BCUT2D eigenvalue weighted by molar-refractivity contribution is -0.122. The molecule has 0 radical (unpaired) electrons. The molecule has 0 atom stereocenters. The van der Waals surface area contributed by atoms with Crippen LogP contribution in [0.5, 0.6) is 11.5 Å². The molecular weight excluding hydrogens is 566 g/mol. The largest absolute Gasteiger partial charge is 0.508 e. The third kappa shape index (κ3) is 5.99. The van der Waals surface area contributed by atoms with Gasteiger partial charge in [0, 0.05) is 10.7 Å². The van der Waals surface area contributed by atoms with Gasteiger partial charge in [-0.3, -0.25) is 19.7 Å². The van der Waals surface area contributed by atoms with Crippen molar-refractivity contribution >= 4 is 68.7 Å². The van der Waals surface area contributed by atoms with Crippen LogP contribution in [0.2, 0.25) is 5.02 Å². The van der Waals surface area contributed by atoms with Gasteiger partial charge in [0.2, 0.25) is 0 Å². The number of nitrogens with one attached hydrogen (secondary N) is 2. The predicted molar refractivity (Wildman–Crippen MR) is 142 cm³/mol. The van der Waals surface area contributed by atoms with Crippen LogP contribution in [-0.2, 0) is 14.4 Å². The summed E-state index contributed by atoms with van der Waals surface area (Å²) < 4.78 is 6.05. The molecule has 1 aliphatic rings. The van der Waals surface area contributed by atoms with E-state index in [1.165, 1.54) is 30.3 Å². The minimum atomic E-state index is -0.894. The van der Waals surface area contributed by atoms with Gasteiger partial charge in [-0.25, -0.2) is 9.69 Å². The van der Waals surface area contributed by atoms with Gasteiger partial charge in [-0.15, -0.1) is 0 Å². The molecule has 0 unspecified atom stereocenters. The van der Waals surface area contributed by atoms with Crippen LogP contribution in [0.15, 0.2) is 70.7 Å². The van der Waals surface area contributed by atoms with E-state index in [9.17, 15) is 24.3 Å². The minimum Gasteiger partial charge on any atom is -0.508 e. The highest BCUT2D eigenvalue weighted by Crippen LogP contribution is 2.29. The number of urea groups is 1. The first-order valence-electron chi connectivity index (χ1n) is 10.8. The fraction of sp³-hybridized carbons (Fsp3) is 0.0769. The summed E-state index contributed by atoms with van der Waals surface area (Å²) in [6, 6.07) is 14.4. The van der Waals surface area contributed by atoms with E-state index in [1.807, 2.05) is 6.92 Å². The topological polar surface area (TPSA) is 125 Å². The number of halogens is 2. The molecule has 3 aromatic carbocycles. The highest BCUT2D eigenvalue weighted by atomic mass is 79.9. The van der Waals surface area contributed by atoms with Crippen LogP contribution in [0, 0.1) is 6.92 Å². The molecule has 0 aromatic heterocycles. The van der Waals surface area contributed by atoms with Crippen LogP contribution < -0.4 is 20.3 Å². The Balaban J connectivity index is 1.46. The number of aromatic hydroxyl groups is 1. The second-order valence-electron chi connectivity index (χ2n) is 7.96. The van der Waals surface area contributed by atoms with E-state index in [0.29, 0.717) is 26.5 Å². The lowest BCUT2D eigenvalue weighted by Gasteiger charge is -2.26. The Hall–Kier alpha value is -4.15. The van der Waals surface area contributed by atoms with Crippen molar-refractivity contribution in [2.75, 3.05) is 16.8 Å². The van der Waals surface area contributed by atoms with Crippen LogP contribution in [0.25, 0.3) is 6.08 Å². The van der Waals surface area contributed by atoms with E-state index in [0.717, 1.165) is 10.5 Å². The van der Waals surface area contributed by atoms with E-state index in [4.69, 9.17) is 16.3 Å². The molecule has 188 valence electrons. The van der Waals surface area contributed by atoms with Gasteiger partial charge in [-0.2, -0.15) is 0 Å². The van der Waals surface area contributed by atoms with Gasteiger partial charge in [0.25, 0.3) is 17.7 Å². The zero-order valence-electron chi connectivity index (χ0n) is 19.2. The van der Waals surface area contributed by atoms with E-state index in [2.05, 4.69) is 26.6 Å². The molecule has 9 nitrogen and oxygen atoms in total. The molecule has 0 aliphatic carbocycles. The average molecular weight is 585 g/mol. The molecule has 0 bridgehead atoms. The molecule has 5 amide bonds. The zero-order valence-corrected chi connectivity index (χ0v) is 21.6. The second-order valence-corrected chi connectivity index (χ2v) is 9.23. The fourth-order valence-corrected chi connectivity index (χ4v) is 4.09. The molecule has 1 aliphatic heterocycles. The maximum atomic E-state index is 13.0. The van der Waals surface area contributed by atoms with Gasteiger partial charge in [0.05, 0.1) is 10.2 Å². The Labute approximate surface area is 224 Å². The lowest BCUT2D eigenvalue weighted by Crippen LogP contribution is -2.54. The van der Waals surface area contributed by atoms with Crippen molar-refractivity contribution in [3.63, 3.8) is 0 Å². The fourth-order valence-electron chi connectivity index (χ4n) is 3.40. The number of carbonyl (C=O) groups is 4. The highest BCUT2D eigenvalue weighted by Gasteiger charge is 2.36. The molecular formula is C26H19BrClN3O6. The van der Waals surface area contributed by atoms with Crippen molar-refractivity contribution in [3.8, 4) is 11.5 Å². The van der Waals surface area contributed by atoms with Crippen molar-refractivity contribution in [2.24, 2.45) is 0 Å². The summed E-state index contributed by atoms with van der Waals surface area (Å²) in [6.45, 7) is 1.59. The molecule has 37 heavy (non-hydrogen) atoms. The lowest BCUT2D eigenvalue weighted by atomic mass is 10.1. The molecule has 3 N–H and O–H groups in total. The van der Waals surface area contributed by atoms with Crippen molar-refractivity contribution in [3.05, 3.63) is 86.9 Å². The van der Waals surface area contributed by atoms with Gasteiger partial charge >= 0.3 is 6.03 Å². The van der Waals surface area contributed by atoms with E-state index < -0.39 is 17.8 Å². The van der Waals surface area contributed by atoms with E-state index in [1.54, 1.807) is 36.4 Å². The smallest absolute Gasteiger partial charge is 0.335 e. The first kappa shape index (κ1) is 25.9. The SMILES string of the molecule is Cc1ccc(NC(=O)COc2ccc(/C=C3/C(=O)NC(=O)N(c4ccc(O)cc4)C3=O)cc2Br)cc1Cl. The molecule has 1 fully saturated rings. The molecule has 3 aromatic rings. The molecule has 11 heteroatoms. The van der Waals surface area contributed by atoms with Gasteiger partial charge in [0.1, 0.15) is 17.1 Å². The van der Waals surface area contributed by atoms with Crippen LogP contribution in [0.4, 0.5) is 16.2 Å². The van der Waals surface area contributed by atoms with Crippen molar-refractivity contribution in [1.82, 2.24) is 5.32 Å². The second kappa shape index (κ2) is 10.9. The number of benzene rings is 3. The number of phenolic OH excluding ortho intramolecular Hbond substituents is 1. The first-order chi connectivity index (χ1) is 17.6. The highest BCUT2D eigenvalue weighted by molar-refractivity contribution is 9.10. The summed E-state index contributed by atoms with van der Waals surface area (Å²) in [7, 11) is 0. The van der Waals surface area contributed by atoms with Crippen molar-refractivity contribution in [1.29, 1.82) is 0 Å². The number of hydrogen-bond donors (Lipinski definition) is 3. The summed E-state index contributed by atoms with van der Waals surface area (Å²) in [4.78, 5) is 50.7. The number of anilines is 2. The number of carbonyl (C=O) groups excluding carboxylic acids is 4. The predicted octanol–water partition coefficient (Wildman–Crippen LogP) is 4.80. The Bertz CT molecular complexity index is 1460. The minimum absolute atomic E-state index is 0.0374. The van der Waals surface area contributed by atoms with Gasteiger partial charge in [-0.05, 0) is 88.6 Å². The number of aryl methyl sites for hydroxylation is 1. The quantitative estimate of drug-likeness (QED) is 0.282. The van der Waals surface area contributed by atoms with Gasteiger partial charge < -0.3 is 15.2 Å². The summed E-state index contributed by atoms with van der Waals surface area (Å²) in [5.74, 6) is -1.72. The Morgan fingerprint density at radius 3 is 2.51 bits per heavy atom. The number of hydrogen-bond acceptors (Lipinski definition) is 6. The summed E-state index contributed by atoms with van der Waals surface area (Å²) in [5, 5.41) is 14.8. The first-order valence-corrected chi connectivity index (χ1v) is 12.0. The van der Waals surface area contributed by atoms with Crippen LogP contribution in [0.1, 0.15) is 11.1 Å². The molecule has 1 heterocycles. The standard InChI is InChI=1S/C26H19BrClN3O6/c1-14-2-4-16(12-21(14)28)29-23(33)13-37-22-9-3-15(11-20(22)27)10-19-24(34)30-26(36)31(25(19)35)17-5-7-18(32)8-6-17/h2-12,32H,13H2,1H3,(H,29,33)(H,30,34,36)/b19-10-. The maximum Gasteiger partial charge on any atom is 0.335 e. The molecule has 1 saturated heterocycles. The summed E-state index contributed by atoms with van der Waals surface area (Å²) in [6.07, 6.45) is 1.33. The monoisotopic (exact) mass is 583 g/mol. The van der Waals surface area contributed by atoms with Gasteiger partial charge in [0.15, 0.2) is 6.61 Å². The van der Waals surface area contributed by atoms with E-state index >= 15 is 0 Å². The van der Waals surface area contributed by atoms with E-state index in [-0.39, 0.29) is 29.5 Å². The maximum absolute atomic E-state index is 13.0. The van der Waals surface area contributed by atoms with Crippen LogP contribution in [-0.4, -0.2) is 35.5 Å². The Kier molecular flexibility index (Phi) is 7.61. The third-order valence-electron chi connectivity index (χ3n) is 5.29. The average Bonchev–Trinajstić information content (AvgIpc) is 2.84. The summed E-state index contributed by atoms with van der Waals surface area (Å²) >= 11 is 9.44. The number of imide groups is 2. The number of ether oxygens (including phenoxy) is 1.